The number of rotatable bonds is 7. The van der Waals surface area contributed by atoms with Crippen molar-refractivity contribution in [3.63, 3.8) is 0 Å². The highest BCUT2D eigenvalue weighted by Gasteiger charge is 2.33. The predicted octanol–water partition coefficient (Wildman–Crippen LogP) is 3.00. The van der Waals surface area contributed by atoms with E-state index in [0.29, 0.717) is 13.0 Å². The van der Waals surface area contributed by atoms with Gasteiger partial charge in [0, 0.05) is 6.54 Å². The molecule has 0 saturated carbocycles. The van der Waals surface area contributed by atoms with E-state index in [0.717, 1.165) is 5.56 Å². The van der Waals surface area contributed by atoms with Crippen molar-refractivity contribution in [2.75, 3.05) is 6.54 Å². The Morgan fingerprint density at radius 1 is 1.12 bits per heavy atom. The Hall–Kier alpha value is -2.08. The molecule has 6 heteroatoms. The van der Waals surface area contributed by atoms with Gasteiger partial charge in [0.25, 0.3) is 0 Å². The molecule has 0 bridgehead atoms. The van der Waals surface area contributed by atoms with Gasteiger partial charge in [0.1, 0.15) is 18.2 Å². The van der Waals surface area contributed by atoms with Crippen LogP contribution in [0, 0.1) is 5.41 Å². The van der Waals surface area contributed by atoms with Gasteiger partial charge in [-0.05, 0) is 38.2 Å². The lowest BCUT2D eigenvalue weighted by Crippen LogP contribution is -2.46. The maximum absolute atomic E-state index is 12.2. The molecule has 140 valence electrons. The maximum Gasteiger partial charge on any atom is 0.407 e. The first-order chi connectivity index (χ1) is 11.5. The third-order valence-electron chi connectivity index (χ3n) is 3.76. The summed E-state index contributed by atoms with van der Waals surface area (Å²) >= 11 is 0. The van der Waals surface area contributed by atoms with Crippen LogP contribution < -0.4 is 11.1 Å². The largest absolute Gasteiger partial charge is 0.460 e. The highest BCUT2D eigenvalue weighted by atomic mass is 16.6. The molecule has 25 heavy (non-hydrogen) atoms. The van der Waals surface area contributed by atoms with Crippen molar-refractivity contribution in [1.29, 1.82) is 0 Å². The third-order valence-corrected chi connectivity index (χ3v) is 3.76. The first-order valence-corrected chi connectivity index (χ1v) is 8.44. The molecule has 1 amide bonds. The molecule has 6 nitrogen and oxygen atoms in total. The van der Waals surface area contributed by atoms with E-state index >= 15 is 0 Å². The number of carbonyl (C=O) groups excluding carboxylic acids is 2. The standard InChI is InChI=1S/C19H30N2O4/c1-18(2,3)25-17(23)21-12-11-19(4,5)15(20)16(22)24-13-14-9-7-6-8-10-14/h6-10,15H,11-13,20H2,1-5H3,(H,21,23)/t15-/m0/s1. The van der Waals surface area contributed by atoms with Gasteiger partial charge in [-0.3, -0.25) is 4.79 Å². The van der Waals surface area contributed by atoms with Crippen molar-refractivity contribution in [3.8, 4) is 0 Å². The van der Waals surface area contributed by atoms with Gasteiger partial charge in [-0.15, -0.1) is 0 Å². The third kappa shape index (κ3) is 8.03. The van der Waals surface area contributed by atoms with Gasteiger partial charge in [0.2, 0.25) is 0 Å². The average Bonchev–Trinajstić information content (AvgIpc) is 2.51. The number of ether oxygens (including phenoxy) is 2. The second-order valence-electron chi connectivity index (χ2n) is 7.74. The quantitative estimate of drug-likeness (QED) is 0.738. The van der Waals surface area contributed by atoms with E-state index in [1.807, 2.05) is 44.2 Å². The van der Waals surface area contributed by atoms with Gasteiger partial charge >= 0.3 is 12.1 Å². The predicted molar refractivity (Wildman–Crippen MR) is 96.8 cm³/mol. The minimum absolute atomic E-state index is 0.194. The minimum Gasteiger partial charge on any atom is -0.460 e. The molecule has 0 aromatic heterocycles. The summed E-state index contributed by atoms with van der Waals surface area (Å²) in [6.07, 6.45) is 0.0388. The second kappa shape index (κ2) is 8.85. The van der Waals surface area contributed by atoms with Crippen molar-refractivity contribution in [3.05, 3.63) is 35.9 Å². The molecule has 0 aliphatic heterocycles. The van der Waals surface area contributed by atoms with Crippen LogP contribution in [0.4, 0.5) is 4.79 Å². The number of nitrogens with one attached hydrogen (secondary N) is 1. The molecule has 0 radical (unpaired) electrons. The normalized spacial score (nSPS) is 13.0. The van der Waals surface area contributed by atoms with Crippen LogP contribution in [0.5, 0.6) is 0 Å². The van der Waals surface area contributed by atoms with E-state index in [-0.39, 0.29) is 6.61 Å². The van der Waals surface area contributed by atoms with E-state index in [1.54, 1.807) is 20.8 Å². The van der Waals surface area contributed by atoms with Crippen LogP contribution in [0.15, 0.2) is 30.3 Å². The summed E-state index contributed by atoms with van der Waals surface area (Å²) in [5.41, 5.74) is 5.90. The van der Waals surface area contributed by atoms with E-state index in [2.05, 4.69) is 5.32 Å². The Kier molecular flexibility index (Phi) is 7.42. The Morgan fingerprint density at radius 3 is 2.28 bits per heavy atom. The van der Waals surface area contributed by atoms with Crippen LogP contribution in [-0.4, -0.2) is 30.3 Å². The van der Waals surface area contributed by atoms with Crippen molar-refractivity contribution in [1.82, 2.24) is 5.32 Å². The van der Waals surface area contributed by atoms with Crippen LogP contribution in [0.1, 0.15) is 46.6 Å². The number of amides is 1. The molecule has 0 spiro atoms. The average molecular weight is 350 g/mol. The molecule has 0 heterocycles. The molecule has 1 rings (SSSR count). The number of carbonyl (C=O) groups is 2. The highest BCUT2D eigenvalue weighted by Crippen LogP contribution is 2.24. The van der Waals surface area contributed by atoms with Crippen molar-refractivity contribution >= 4 is 12.1 Å². The number of hydrogen-bond donors (Lipinski definition) is 2. The molecule has 0 aliphatic carbocycles. The molecule has 3 N–H and O–H groups in total. The van der Waals surface area contributed by atoms with Gasteiger partial charge in [-0.25, -0.2) is 4.79 Å². The van der Waals surface area contributed by atoms with Crippen molar-refractivity contribution in [2.45, 2.75) is 59.3 Å². The second-order valence-corrected chi connectivity index (χ2v) is 7.74. The SMILES string of the molecule is CC(C)(C)OC(=O)NCCC(C)(C)[C@@H](N)C(=O)OCc1ccccc1. The lowest BCUT2D eigenvalue weighted by atomic mass is 9.81. The lowest BCUT2D eigenvalue weighted by Gasteiger charge is -2.30. The fourth-order valence-electron chi connectivity index (χ4n) is 2.09. The molecule has 0 aliphatic rings. The molecule has 0 fully saturated rings. The smallest absolute Gasteiger partial charge is 0.407 e. The zero-order valence-corrected chi connectivity index (χ0v) is 15.8. The van der Waals surface area contributed by atoms with Gasteiger partial charge in [0.15, 0.2) is 0 Å². The first-order valence-electron chi connectivity index (χ1n) is 8.44. The zero-order valence-electron chi connectivity index (χ0n) is 15.8. The number of hydrogen-bond acceptors (Lipinski definition) is 5. The summed E-state index contributed by atoms with van der Waals surface area (Å²) in [5.74, 6) is -0.453. The van der Waals surface area contributed by atoms with Gasteiger partial charge in [-0.2, -0.15) is 0 Å². The number of benzene rings is 1. The summed E-state index contributed by atoms with van der Waals surface area (Å²) in [6, 6.07) is 8.66. The number of alkyl carbamates (subject to hydrolysis) is 1. The van der Waals surface area contributed by atoms with Crippen LogP contribution in [-0.2, 0) is 20.9 Å². The summed E-state index contributed by atoms with van der Waals surface area (Å²) < 4.78 is 10.5. The van der Waals surface area contributed by atoms with Crippen LogP contribution in [0.3, 0.4) is 0 Å². The number of esters is 1. The van der Waals surface area contributed by atoms with Crippen molar-refractivity contribution in [2.24, 2.45) is 11.1 Å². The summed E-state index contributed by atoms with van der Waals surface area (Å²) in [7, 11) is 0. The van der Waals surface area contributed by atoms with E-state index in [9.17, 15) is 9.59 Å². The minimum atomic E-state index is -0.781. The molecule has 1 atom stereocenters. The van der Waals surface area contributed by atoms with Crippen LogP contribution in [0.25, 0.3) is 0 Å². The molecular formula is C19H30N2O4. The first kappa shape index (κ1) is 21.0. The van der Waals surface area contributed by atoms with Gasteiger partial charge in [0.05, 0.1) is 0 Å². The Balaban J connectivity index is 2.42. The zero-order chi connectivity index (χ0) is 19.1. The van der Waals surface area contributed by atoms with Gasteiger partial charge < -0.3 is 20.5 Å². The maximum atomic E-state index is 12.2. The Labute approximate surface area is 150 Å². The summed E-state index contributed by atoms with van der Waals surface area (Å²) in [5, 5.41) is 2.68. The topological polar surface area (TPSA) is 90.6 Å². The molecule has 1 aromatic rings. The van der Waals surface area contributed by atoms with Crippen LogP contribution >= 0.6 is 0 Å². The number of nitrogens with two attached hydrogens (primary N) is 1. The Morgan fingerprint density at radius 2 is 1.72 bits per heavy atom. The van der Waals surface area contributed by atoms with E-state index < -0.39 is 29.1 Å². The fourth-order valence-corrected chi connectivity index (χ4v) is 2.09. The van der Waals surface area contributed by atoms with Crippen molar-refractivity contribution < 1.29 is 19.1 Å². The molecular weight excluding hydrogens is 320 g/mol. The Bertz CT molecular complexity index is 565. The highest BCUT2D eigenvalue weighted by molar-refractivity contribution is 5.76. The molecule has 0 saturated heterocycles. The lowest BCUT2D eigenvalue weighted by molar-refractivity contribution is -0.149. The molecule has 0 unspecified atom stereocenters. The summed E-state index contributed by atoms with van der Waals surface area (Å²) in [6.45, 7) is 9.71. The fraction of sp³-hybridized carbons (Fsp3) is 0.579. The molecule has 1 aromatic carbocycles. The van der Waals surface area contributed by atoms with E-state index in [1.165, 1.54) is 0 Å². The summed E-state index contributed by atoms with van der Waals surface area (Å²) in [4.78, 5) is 23.8. The monoisotopic (exact) mass is 350 g/mol. The van der Waals surface area contributed by atoms with Crippen LogP contribution in [0.2, 0.25) is 0 Å². The van der Waals surface area contributed by atoms with E-state index in [4.69, 9.17) is 15.2 Å². The van der Waals surface area contributed by atoms with Gasteiger partial charge in [-0.1, -0.05) is 44.2 Å².